The Morgan fingerprint density at radius 2 is 2.24 bits per heavy atom. The Balaban J connectivity index is 2.26. The lowest BCUT2D eigenvalue weighted by Crippen LogP contribution is -2.28. The van der Waals surface area contributed by atoms with E-state index in [0.29, 0.717) is 6.54 Å². The van der Waals surface area contributed by atoms with Crippen LogP contribution in [0.3, 0.4) is 0 Å². The number of benzene rings is 1. The molecule has 1 aliphatic rings. The summed E-state index contributed by atoms with van der Waals surface area (Å²) in [7, 11) is 0. The van der Waals surface area contributed by atoms with Crippen LogP contribution >= 0.6 is 22.6 Å². The second-order valence-electron chi connectivity index (χ2n) is 4.24. The van der Waals surface area contributed by atoms with E-state index in [4.69, 9.17) is 5.73 Å². The first-order chi connectivity index (χ1) is 7.99. The maximum atomic E-state index is 11.8. The number of anilines is 1. The minimum Gasteiger partial charge on any atom is -0.369 e. The van der Waals surface area contributed by atoms with Gasteiger partial charge in [-0.25, -0.2) is 0 Å². The van der Waals surface area contributed by atoms with E-state index < -0.39 is 5.91 Å². The number of carbonyl (C=O) groups is 2. The number of rotatable bonds is 2. The highest BCUT2D eigenvalue weighted by atomic mass is 127. The molecule has 2 N–H and O–H groups in total. The summed E-state index contributed by atoms with van der Waals surface area (Å²) < 4.78 is 1.11. The normalized spacial score (nSPS) is 19.8. The molecule has 17 heavy (non-hydrogen) atoms. The van der Waals surface area contributed by atoms with Gasteiger partial charge in [-0.1, -0.05) is 6.07 Å². The van der Waals surface area contributed by atoms with Gasteiger partial charge in [-0.05, 0) is 47.2 Å². The smallest absolute Gasteiger partial charge is 0.227 e. The van der Waals surface area contributed by atoms with Gasteiger partial charge in [0.15, 0.2) is 0 Å². The summed E-state index contributed by atoms with van der Waals surface area (Å²) >= 11 is 2.23. The molecule has 1 aliphatic heterocycles. The van der Waals surface area contributed by atoms with Gasteiger partial charge in [0.25, 0.3) is 0 Å². The van der Waals surface area contributed by atoms with Crippen molar-refractivity contribution in [2.75, 3.05) is 11.4 Å². The maximum absolute atomic E-state index is 11.8. The molecule has 2 rings (SSSR count). The van der Waals surface area contributed by atoms with Crippen molar-refractivity contribution in [2.24, 2.45) is 11.7 Å². The number of hydrogen-bond donors (Lipinski definition) is 1. The molecule has 0 aliphatic carbocycles. The Labute approximate surface area is 113 Å². The maximum Gasteiger partial charge on any atom is 0.227 e. The van der Waals surface area contributed by atoms with E-state index in [1.165, 1.54) is 5.56 Å². The molecule has 0 spiro atoms. The summed E-state index contributed by atoms with van der Waals surface area (Å²) in [6.07, 6.45) is 0.222. The standard InChI is InChI=1S/C12H13IN2O2/c1-7-2-3-9(5-10(7)13)15-6-8(12(14)17)4-11(15)16/h2-3,5,8H,4,6H2,1H3,(H2,14,17). The van der Waals surface area contributed by atoms with Gasteiger partial charge in [0.2, 0.25) is 11.8 Å². The third kappa shape index (κ3) is 2.43. The second kappa shape index (κ2) is 4.64. The highest BCUT2D eigenvalue weighted by Gasteiger charge is 2.33. The molecule has 1 atom stereocenters. The van der Waals surface area contributed by atoms with E-state index in [-0.39, 0.29) is 18.2 Å². The van der Waals surface area contributed by atoms with E-state index in [2.05, 4.69) is 22.6 Å². The largest absolute Gasteiger partial charge is 0.369 e. The molecule has 1 aromatic carbocycles. The number of nitrogens with zero attached hydrogens (tertiary/aromatic N) is 1. The Hall–Kier alpha value is -1.11. The number of nitrogens with two attached hydrogens (primary N) is 1. The number of carbonyl (C=O) groups excluding carboxylic acids is 2. The van der Waals surface area contributed by atoms with Crippen molar-refractivity contribution in [2.45, 2.75) is 13.3 Å². The molecule has 0 aromatic heterocycles. The zero-order valence-corrected chi connectivity index (χ0v) is 11.6. The predicted octanol–water partition coefficient (Wildman–Crippen LogP) is 1.44. The van der Waals surface area contributed by atoms with Gasteiger partial charge in [0.1, 0.15) is 0 Å². The van der Waals surface area contributed by atoms with Gasteiger partial charge < -0.3 is 10.6 Å². The lowest BCUT2D eigenvalue weighted by atomic mass is 10.1. The molecule has 1 saturated heterocycles. The van der Waals surface area contributed by atoms with Crippen LogP contribution in [0.4, 0.5) is 5.69 Å². The van der Waals surface area contributed by atoms with Crippen LogP contribution in [0.25, 0.3) is 0 Å². The molecule has 4 nitrogen and oxygen atoms in total. The van der Waals surface area contributed by atoms with Crippen LogP contribution in [0.1, 0.15) is 12.0 Å². The van der Waals surface area contributed by atoms with Crippen LogP contribution in [0.5, 0.6) is 0 Å². The van der Waals surface area contributed by atoms with Crippen molar-refractivity contribution in [3.63, 3.8) is 0 Å². The van der Waals surface area contributed by atoms with Crippen molar-refractivity contribution in [1.29, 1.82) is 0 Å². The highest BCUT2D eigenvalue weighted by molar-refractivity contribution is 14.1. The Kier molecular flexibility index (Phi) is 3.37. The summed E-state index contributed by atoms with van der Waals surface area (Å²) in [6.45, 7) is 2.41. The molecule has 1 fully saturated rings. The fourth-order valence-corrected chi connectivity index (χ4v) is 2.40. The Morgan fingerprint density at radius 1 is 1.53 bits per heavy atom. The summed E-state index contributed by atoms with van der Waals surface area (Å²) in [5.41, 5.74) is 7.25. The fourth-order valence-electron chi connectivity index (χ4n) is 1.90. The fraction of sp³-hybridized carbons (Fsp3) is 0.333. The quantitative estimate of drug-likeness (QED) is 0.826. The van der Waals surface area contributed by atoms with Crippen molar-refractivity contribution >= 4 is 40.1 Å². The van der Waals surface area contributed by atoms with Crippen LogP contribution in [-0.2, 0) is 9.59 Å². The van der Waals surface area contributed by atoms with Gasteiger partial charge >= 0.3 is 0 Å². The first kappa shape index (κ1) is 12.3. The Bertz CT molecular complexity index is 487. The zero-order valence-electron chi connectivity index (χ0n) is 9.44. The molecular weight excluding hydrogens is 331 g/mol. The van der Waals surface area contributed by atoms with Crippen molar-refractivity contribution in [3.8, 4) is 0 Å². The minimum atomic E-state index is -0.400. The number of amides is 2. The lowest BCUT2D eigenvalue weighted by Gasteiger charge is -2.17. The van der Waals surface area contributed by atoms with E-state index in [0.717, 1.165) is 9.26 Å². The van der Waals surface area contributed by atoms with E-state index in [1.807, 2.05) is 25.1 Å². The third-order valence-electron chi connectivity index (χ3n) is 2.99. The molecule has 0 saturated carbocycles. The van der Waals surface area contributed by atoms with Gasteiger partial charge in [0, 0.05) is 22.2 Å². The molecule has 90 valence electrons. The number of aryl methyl sites for hydroxylation is 1. The summed E-state index contributed by atoms with van der Waals surface area (Å²) in [4.78, 5) is 24.5. The van der Waals surface area contributed by atoms with Gasteiger partial charge in [-0.3, -0.25) is 9.59 Å². The average molecular weight is 344 g/mol. The third-order valence-corrected chi connectivity index (χ3v) is 4.16. The minimum absolute atomic E-state index is 0.0338. The number of hydrogen-bond acceptors (Lipinski definition) is 2. The van der Waals surface area contributed by atoms with Crippen LogP contribution < -0.4 is 10.6 Å². The number of primary amides is 1. The van der Waals surface area contributed by atoms with Crippen LogP contribution in [-0.4, -0.2) is 18.4 Å². The molecule has 5 heteroatoms. The number of halogens is 1. The zero-order chi connectivity index (χ0) is 12.6. The van der Waals surface area contributed by atoms with Crippen molar-refractivity contribution in [3.05, 3.63) is 27.3 Å². The summed E-state index contributed by atoms with van der Waals surface area (Å²) in [5.74, 6) is -0.794. The van der Waals surface area contributed by atoms with Gasteiger partial charge in [0.05, 0.1) is 5.92 Å². The Morgan fingerprint density at radius 3 is 2.76 bits per heavy atom. The average Bonchev–Trinajstić information content (AvgIpc) is 2.65. The van der Waals surface area contributed by atoms with Gasteiger partial charge in [-0.15, -0.1) is 0 Å². The van der Waals surface area contributed by atoms with Crippen molar-refractivity contribution < 1.29 is 9.59 Å². The van der Waals surface area contributed by atoms with Crippen LogP contribution in [0.2, 0.25) is 0 Å². The molecule has 0 radical (unpaired) electrons. The SMILES string of the molecule is Cc1ccc(N2CC(C(N)=O)CC2=O)cc1I. The lowest BCUT2D eigenvalue weighted by molar-refractivity contribution is -0.123. The predicted molar refractivity (Wildman–Crippen MR) is 73.6 cm³/mol. The molecule has 1 unspecified atom stereocenters. The first-order valence-electron chi connectivity index (χ1n) is 5.35. The summed E-state index contributed by atoms with van der Waals surface area (Å²) in [6, 6.07) is 5.83. The molecule has 1 heterocycles. The van der Waals surface area contributed by atoms with Crippen molar-refractivity contribution in [1.82, 2.24) is 0 Å². The molecular formula is C12H13IN2O2. The van der Waals surface area contributed by atoms with E-state index in [9.17, 15) is 9.59 Å². The topological polar surface area (TPSA) is 63.4 Å². The highest BCUT2D eigenvalue weighted by Crippen LogP contribution is 2.27. The second-order valence-corrected chi connectivity index (χ2v) is 5.40. The molecule has 0 bridgehead atoms. The molecule has 2 amide bonds. The first-order valence-corrected chi connectivity index (χ1v) is 6.42. The van der Waals surface area contributed by atoms with E-state index in [1.54, 1.807) is 4.90 Å². The van der Waals surface area contributed by atoms with Crippen LogP contribution in [0.15, 0.2) is 18.2 Å². The summed E-state index contributed by atoms with van der Waals surface area (Å²) in [5, 5.41) is 0. The van der Waals surface area contributed by atoms with Gasteiger partial charge in [-0.2, -0.15) is 0 Å². The monoisotopic (exact) mass is 344 g/mol. The molecule has 1 aromatic rings. The van der Waals surface area contributed by atoms with E-state index >= 15 is 0 Å². The van der Waals surface area contributed by atoms with Crippen LogP contribution in [0, 0.1) is 16.4 Å².